The van der Waals surface area contributed by atoms with Crippen LogP contribution in [-0.4, -0.2) is 94.7 Å². The summed E-state index contributed by atoms with van der Waals surface area (Å²) in [4.78, 5) is 85.8. The number of nitrogen functional groups attached to an aromatic ring is 2. The normalized spacial score (nSPS) is 11.7. The van der Waals surface area contributed by atoms with Gasteiger partial charge in [-0.2, -0.15) is 79.0 Å². The predicted octanol–water partition coefficient (Wildman–Crippen LogP) is 16.5. The van der Waals surface area contributed by atoms with Gasteiger partial charge in [0.2, 0.25) is 11.4 Å². The van der Waals surface area contributed by atoms with Crippen molar-refractivity contribution in [2.24, 2.45) is 0 Å². The molecule has 0 saturated heterocycles. The Morgan fingerprint density at radius 2 is 0.583 bits per heavy atom. The number of halogens is 25. The van der Waals surface area contributed by atoms with Crippen LogP contribution in [0.1, 0.15) is 34.2 Å². The molecular formula is C53H27Cl7F18N21O3P. The van der Waals surface area contributed by atoms with Crippen molar-refractivity contribution in [3.63, 3.8) is 0 Å². The van der Waals surface area contributed by atoms with Crippen LogP contribution in [0.5, 0.6) is 0 Å². The van der Waals surface area contributed by atoms with Gasteiger partial charge in [0.05, 0.1) is 11.2 Å². The Labute approximate surface area is 591 Å². The van der Waals surface area contributed by atoms with E-state index in [2.05, 4.69) is 123 Å². The van der Waals surface area contributed by atoms with Gasteiger partial charge in [0, 0.05) is 43.4 Å². The highest BCUT2D eigenvalue weighted by atomic mass is 36.0. The number of alkyl halides is 18. The average Bonchev–Trinajstić information content (AvgIpc) is 0.839. The molecule has 0 aliphatic carbocycles. The van der Waals surface area contributed by atoms with Crippen LogP contribution in [0.3, 0.4) is 0 Å². The van der Waals surface area contributed by atoms with E-state index >= 15 is 0 Å². The first-order valence-electron chi connectivity index (χ1n) is 26.1. The largest absolute Gasteiger partial charge is 0.438 e. The van der Waals surface area contributed by atoms with Crippen molar-refractivity contribution in [1.29, 1.82) is 0 Å². The molecule has 0 saturated carbocycles. The summed E-state index contributed by atoms with van der Waals surface area (Å²) in [6, 6.07) is 20.9. The molecule has 13 rings (SSSR count). The van der Waals surface area contributed by atoms with E-state index in [4.69, 9.17) is 57.9 Å². The lowest BCUT2D eigenvalue weighted by Crippen LogP contribution is -2.23. The highest BCUT2D eigenvalue weighted by Crippen LogP contribution is 2.61. The maximum atomic E-state index is 12.4. The first-order chi connectivity index (χ1) is 47.7. The van der Waals surface area contributed by atoms with E-state index in [0.29, 0.717) is 11.5 Å². The van der Waals surface area contributed by atoms with Crippen LogP contribution in [0.2, 0.25) is 20.6 Å². The number of aromatic nitrogens is 19. The zero-order valence-electron chi connectivity index (χ0n) is 49.0. The first kappa shape index (κ1) is 82.2. The summed E-state index contributed by atoms with van der Waals surface area (Å²) in [6.45, 7) is 0. The molecule has 6 N–H and O–H groups in total. The average molecular weight is 1630 g/mol. The van der Waals surface area contributed by atoms with Gasteiger partial charge in [-0.1, -0.05) is 46.4 Å². The smallest absolute Gasteiger partial charge is 0.396 e. The summed E-state index contributed by atoms with van der Waals surface area (Å²) in [5, 5.41) is -5.92. The van der Waals surface area contributed by atoms with E-state index in [1.54, 1.807) is 30.5 Å². The Kier molecular flexibility index (Phi) is 27.2. The number of rotatable bonds is 0. The summed E-state index contributed by atoms with van der Waals surface area (Å²) in [5.74, 6) is 0.396. The number of nitrogens with zero attached hydrogens (tertiary/aromatic N) is 17. The Hall–Kier alpha value is -9.71. The van der Waals surface area contributed by atoms with Gasteiger partial charge >= 0.3 is 42.3 Å². The lowest BCUT2D eigenvalue weighted by Gasteiger charge is -2.07. The third-order valence-electron chi connectivity index (χ3n) is 11.0. The first-order valence-corrected chi connectivity index (χ1v) is 32.0. The molecule has 0 atom stereocenters. The van der Waals surface area contributed by atoms with Crippen LogP contribution < -0.4 is 22.6 Å². The molecule has 13 aromatic heterocycles. The van der Waals surface area contributed by atoms with Crippen molar-refractivity contribution in [2.45, 2.75) is 37.1 Å². The lowest BCUT2D eigenvalue weighted by atomic mass is 10.3. The molecule has 13 aromatic rings. The topological polar surface area (TPSA) is 354 Å². The second-order valence-corrected chi connectivity index (χ2v) is 26.3. The van der Waals surface area contributed by atoms with Gasteiger partial charge in [0.15, 0.2) is 77.3 Å². The molecule has 0 aromatic carbocycles. The molecule has 103 heavy (non-hydrogen) atoms. The van der Waals surface area contributed by atoms with Gasteiger partial charge in [-0.3, -0.25) is 14.2 Å². The number of hydrogen-bond donors (Lipinski definition) is 4. The fraction of sp³-hybridized carbons (Fsp3) is 0.113. The van der Waals surface area contributed by atoms with Crippen molar-refractivity contribution >= 4 is 164 Å². The van der Waals surface area contributed by atoms with Gasteiger partial charge < -0.3 is 21.4 Å². The highest BCUT2D eigenvalue weighted by molar-refractivity contribution is 8.24. The van der Waals surface area contributed by atoms with Crippen molar-refractivity contribution in [2.75, 3.05) is 11.5 Å². The summed E-state index contributed by atoms with van der Waals surface area (Å²) in [5.41, 5.74) is 1.58. The molecule has 0 fully saturated rings. The summed E-state index contributed by atoms with van der Waals surface area (Å²) in [6.07, 6.45) is -18.2. The van der Waals surface area contributed by atoms with Crippen LogP contribution in [0.25, 0.3) is 67.0 Å². The number of nitrogens with one attached hydrogen (secondary N) is 2. The third-order valence-corrected chi connectivity index (χ3v) is 12.1. The van der Waals surface area contributed by atoms with Crippen LogP contribution in [0.15, 0.2) is 138 Å². The standard InChI is InChI=1S/4C8H3ClF3N3.2C8H4F3N3O.C5H7N3.Cl3OP/c2*9-6-5(8(10,11)12)15-7-4(14-6)2-1-3-13-7;2*9-6-5(8(10,11)12)14-4-2-1-3-13-7(4)15-6;9-8(10,11)5-7(15)13-4-2-1-3-12-6(4)14-5;9-8(10,11)5-7(15)14-6-4(13-5)2-1-3-12-6;6-4-2-1-3-8-5(4)7;1-5(2,3)4/h4*1-3H;1-3H,(H,13,15);1-3H,(H,12,14,15);1-3H,6H2,(H2,7,8);. The monoisotopic (exact) mass is 1620 g/mol. The van der Waals surface area contributed by atoms with Gasteiger partial charge in [-0.05, 0) is 119 Å². The highest BCUT2D eigenvalue weighted by Gasteiger charge is 2.41. The molecule has 13 heterocycles. The van der Waals surface area contributed by atoms with Gasteiger partial charge in [0.1, 0.15) is 33.4 Å². The molecule has 0 aliphatic rings. The fourth-order valence-corrected chi connectivity index (χ4v) is 7.81. The van der Waals surface area contributed by atoms with Crippen molar-refractivity contribution in [1.82, 2.24) is 94.7 Å². The minimum Gasteiger partial charge on any atom is -0.396 e. The van der Waals surface area contributed by atoms with E-state index in [0.717, 1.165) is 0 Å². The van der Waals surface area contributed by atoms with Gasteiger partial charge in [-0.25, -0.2) is 84.7 Å². The summed E-state index contributed by atoms with van der Waals surface area (Å²) >= 11 is 35.3. The molecule has 0 bridgehead atoms. The molecule has 0 amide bonds. The van der Waals surface area contributed by atoms with E-state index in [1.807, 2.05) is 4.98 Å². The zero-order valence-corrected chi connectivity index (χ0v) is 55.2. The molecule has 0 unspecified atom stereocenters. The summed E-state index contributed by atoms with van der Waals surface area (Å²) < 4.78 is 232. The second-order valence-electron chi connectivity index (χ2n) is 18.3. The Morgan fingerprint density at radius 1 is 0.320 bits per heavy atom. The van der Waals surface area contributed by atoms with Crippen LogP contribution in [0, 0.1) is 0 Å². The predicted molar refractivity (Wildman–Crippen MR) is 338 cm³/mol. The maximum absolute atomic E-state index is 12.4. The van der Waals surface area contributed by atoms with Crippen molar-refractivity contribution in [3.05, 3.63) is 204 Å². The van der Waals surface area contributed by atoms with Crippen molar-refractivity contribution < 1.29 is 83.6 Å². The molecule has 542 valence electrons. The maximum Gasteiger partial charge on any atom is 0.438 e. The number of aromatic amines is 2. The molecule has 50 heteroatoms. The number of anilines is 2. The lowest BCUT2D eigenvalue weighted by molar-refractivity contribution is -0.142. The third kappa shape index (κ3) is 24.5. The van der Waals surface area contributed by atoms with Gasteiger partial charge in [-0.15, -0.1) is 0 Å². The van der Waals surface area contributed by atoms with Crippen LogP contribution in [-0.2, 0) is 41.6 Å². The van der Waals surface area contributed by atoms with E-state index in [1.165, 1.54) is 97.8 Å². The number of hydrogen-bond acceptors (Lipinski definition) is 22. The number of H-pyrrole nitrogens is 2. The molecule has 0 spiro atoms. The minimum absolute atomic E-state index is 0.00410. The minimum atomic E-state index is -4.76. The summed E-state index contributed by atoms with van der Waals surface area (Å²) in [7, 11) is 0. The van der Waals surface area contributed by atoms with Crippen LogP contribution >= 0.6 is 85.3 Å². The molecular weight excluding hydrogens is 1600 g/mol. The van der Waals surface area contributed by atoms with E-state index in [9.17, 15) is 93.2 Å². The van der Waals surface area contributed by atoms with Crippen molar-refractivity contribution in [3.8, 4) is 0 Å². The van der Waals surface area contributed by atoms with E-state index < -0.39 is 108 Å². The second kappa shape index (κ2) is 34.1. The molecule has 0 aliphatic heterocycles. The number of fused-ring (bicyclic) bond motifs is 6. The van der Waals surface area contributed by atoms with Gasteiger partial charge in [0.25, 0.3) is 11.1 Å². The van der Waals surface area contributed by atoms with Crippen LogP contribution in [0.4, 0.5) is 90.5 Å². The molecule has 0 radical (unpaired) electrons. The Balaban J connectivity index is 0.000000188. The zero-order chi connectivity index (χ0) is 76.8. The fourth-order valence-electron chi connectivity index (χ4n) is 6.87. The Morgan fingerprint density at radius 3 is 0.942 bits per heavy atom. The number of pyridine rings is 7. The van der Waals surface area contributed by atoms with E-state index in [-0.39, 0.29) is 67.0 Å². The SMILES string of the molecule is FC(F)(F)c1nc2cccnc2nc1Cl.FC(F)(F)c1nc2cccnc2nc1Cl.FC(F)(F)c1nc2ncccc2nc1Cl.FC(F)(F)c1nc2ncccc2nc1Cl.Nc1cccnc1N.O=P(Cl)(Cl)Cl.O=c1[nH]c2cccnc2nc1C(F)(F)F.O=c1[nH]c2ncccc2nc1C(F)(F)F. The quantitative estimate of drug-likeness (QED) is 0.0809. The molecule has 24 nitrogen and oxygen atoms in total. The number of nitrogens with two attached hydrogens (primary N) is 2. The Bertz CT molecular complexity index is 4810.